The summed E-state index contributed by atoms with van der Waals surface area (Å²) in [5.74, 6) is -0.577. The van der Waals surface area contributed by atoms with Gasteiger partial charge in [0.05, 0.1) is 5.69 Å². The number of rotatable bonds is 6. The molecule has 6 heteroatoms. The Kier molecular flexibility index (Phi) is 6.17. The first-order chi connectivity index (χ1) is 12.6. The molecule has 1 aliphatic heterocycles. The second-order valence-electron chi connectivity index (χ2n) is 6.48. The highest BCUT2D eigenvalue weighted by Crippen LogP contribution is 2.30. The van der Waals surface area contributed by atoms with Crippen molar-refractivity contribution in [3.05, 3.63) is 54.1 Å². The number of carbonyl (C=O) groups is 1. The van der Waals surface area contributed by atoms with E-state index in [1.54, 1.807) is 24.3 Å². The molecular weight excluding hydrogens is 338 g/mol. The molecule has 1 saturated heterocycles. The maximum atomic E-state index is 13.3. The quantitative estimate of drug-likeness (QED) is 0.799. The van der Waals surface area contributed by atoms with Crippen LogP contribution in [-0.2, 0) is 4.79 Å². The summed E-state index contributed by atoms with van der Waals surface area (Å²) in [6.45, 7) is 2.01. The maximum absolute atomic E-state index is 13.3. The third kappa shape index (κ3) is 5.26. The van der Waals surface area contributed by atoms with Gasteiger partial charge in [0.2, 0.25) is 5.91 Å². The molecule has 0 atom stereocenters. The van der Waals surface area contributed by atoms with E-state index in [4.69, 9.17) is 4.74 Å². The van der Waals surface area contributed by atoms with Crippen LogP contribution in [0.15, 0.2) is 42.5 Å². The van der Waals surface area contributed by atoms with Crippen LogP contribution in [0.25, 0.3) is 0 Å². The van der Waals surface area contributed by atoms with Gasteiger partial charge in [-0.2, -0.15) is 0 Å². The van der Waals surface area contributed by atoms with Crippen molar-refractivity contribution in [2.24, 2.45) is 5.92 Å². The molecule has 0 bridgehead atoms. The van der Waals surface area contributed by atoms with Crippen LogP contribution in [0, 0.1) is 17.6 Å². The van der Waals surface area contributed by atoms with Crippen LogP contribution >= 0.6 is 0 Å². The second-order valence-corrected chi connectivity index (χ2v) is 6.48. The average molecular weight is 360 g/mol. The Morgan fingerprint density at radius 3 is 2.54 bits per heavy atom. The van der Waals surface area contributed by atoms with Crippen molar-refractivity contribution in [1.29, 1.82) is 0 Å². The minimum atomic E-state index is -0.719. The Morgan fingerprint density at radius 1 is 1.12 bits per heavy atom. The molecule has 1 amide bonds. The lowest BCUT2D eigenvalue weighted by atomic mass is 9.93. The van der Waals surface area contributed by atoms with E-state index in [0.717, 1.165) is 50.6 Å². The van der Waals surface area contributed by atoms with E-state index in [0.29, 0.717) is 23.8 Å². The minimum absolute atomic E-state index is 0.0407. The number of hydrogen-bond donors (Lipinski definition) is 2. The number of benzene rings is 2. The van der Waals surface area contributed by atoms with Crippen LogP contribution in [0.2, 0.25) is 0 Å². The summed E-state index contributed by atoms with van der Waals surface area (Å²) in [7, 11) is 0. The Balaban J connectivity index is 1.62. The number of anilines is 1. The summed E-state index contributed by atoms with van der Waals surface area (Å²) in [5, 5.41) is 6.14. The van der Waals surface area contributed by atoms with Crippen LogP contribution in [0.3, 0.4) is 0 Å². The summed E-state index contributed by atoms with van der Waals surface area (Å²) < 4.78 is 32.2. The lowest BCUT2D eigenvalue weighted by Crippen LogP contribution is -2.28. The number of nitrogens with one attached hydrogen (secondary N) is 2. The molecule has 3 rings (SSSR count). The monoisotopic (exact) mass is 360 g/mol. The molecule has 1 fully saturated rings. The highest BCUT2D eigenvalue weighted by Gasteiger charge is 2.15. The predicted octanol–water partition coefficient (Wildman–Crippen LogP) is 4.48. The highest BCUT2D eigenvalue weighted by molar-refractivity contribution is 5.92. The summed E-state index contributed by atoms with van der Waals surface area (Å²) >= 11 is 0. The fourth-order valence-electron chi connectivity index (χ4n) is 3.09. The molecule has 0 radical (unpaired) electrons. The molecule has 0 spiro atoms. The summed E-state index contributed by atoms with van der Waals surface area (Å²) in [6, 6.07) is 9.81. The van der Waals surface area contributed by atoms with Gasteiger partial charge in [-0.1, -0.05) is 12.1 Å². The Hall–Kier alpha value is -2.47. The van der Waals surface area contributed by atoms with Crippen molar-refractivity contribution < 1.29 is 18.3 Å². The zero-order chi connectivity index (χ0) is 18.4. The molecule has 4 nitrogen and oxygen atoms in total. The zero-order valence-corrected chi connectivity index (χ0v) is 14.4. The molecular formula is C20H22F2N2O2. The van der Waals surface area contributed by atoms with E-state index in [2.05, 4.69) is 10.6 Å². The molecule has 138 valence electrons. The topological polar surface area (TPSA) is 50.4 Å². The summed E-state index contributed by atoms with van der Waals surface area (Å²) in [4.78, 5) is 12.3. The molecule has 1 aliphatic rings. The molecule has 26 heavy (non-hydrogen) atoms. The lowest BCUT2D eigenvalue weighted by molar-refractivity contribution is -0.116. The number of piperidine rings is 1. The normalized spacial score (nSPS) is 14.8. The van der Waals surface area contributed by atoms with Gasteiger partial charge in [-0.3, -0.25) is 4.79 Å². The van der Waals surface area contributed by atoms with Crippen molar-refractivity contribution in [2.45, 2.75) is 25.7 Å². The molecule has 2 N–H and O–H groups in total. The number of amides is 1. The van der Waals surface area contributed by atoms with Crippen LogP contribution < -0.4 is 15.4 Å². The van der Waals surface area contributed by atoms with Gasteiger partial charge in [0.25, 0.3) is 0 Å². The number of halogens is 2. The first-order valence-corrected chi connectivity index (χ1v) is 8.84. The average Bonchev–Trinajstić information content (AvgIpc) is 2.62. The number of para-hydroxylation sites is 2. The van der Waals surface area contributed by atoms with Gasteiger partial charge < -0.3 is 15.4 Å². The van der Waals surface area contributed by atoms with E-state index in [9.17, 15) is 13.6 Å². The van der Waals surface area contributed by atoms with E-state index in [-0.39, 0.29) is 11.7 Å². The van der Waals surface area contributed by atoms with E-state index in [1.807, 2.05) is 0 Å². The van der Waals surface area contributed by atoms with Gasteiger partial charge in [-0.05, 0) is 50.4 Å². The zero-order valence-electron chi connectivity index (χ0n) is 14.4. The first kappa shape index (κ1) is 18.3. The van der Waals surface area contributed by atoms with Gasteiger partial charge >= 0.3 is 0 Å². The third-order valence-corrected chi connectivity index (χ3v) is 4.46. The summed E-state index contributed by atoms with van der Waals surface area (Å²) in [5.41, 5.74) is 0.479. The Labute approximate surface area is 151 Å². The third-order valence-electron chi connectivity index (χ3n) is 4.46. The van der Waals surface area contributed by atoms with Crippen LogP contribution in [-0.4, -0.2) is 19.0 Å². The van der Waals surface area contributed by atoms with Gasteiger partial charge in [-0.25, -0.2) is 8.78 Å². The number of carbonyl (C=O) groups excluding carboxylic acids is 1. The van der Waals surface area contributed by atoms with Gasteiger partial charge in [0, 0.05) is 24.6 Å². The lowest BCUT2D eigenvalue weighted by Gasteiger charge is -2.22. The first-order valence-electron chi connectivity index (χ1n) is 8.84. The van der Waals surface area contributed by atoms with Crippen molar-refractivity contribution in [2.75, 3.05) is 18.4 Å². The largest absolute Gasteiger partial charge is 0.455 e. The van der Waals surface area contributed by atoms with Gasteiger partial charge in [0.15, 0.2) is 5.75 Å². The molecule has 0 aliphatic carbocycles. The molecule has 0 unspecified atom stereocenters. The van der Waals surface area contributed by atoms with Gasteiger partial charge in [-0.15, -0.1) is 0 Å². The molecule has 1 heterocycles. The standard InChI is InChI=1S/C20H22F2N2O2/c21-15-11-16(22)13-17(12-15)26-19-4-2-1-3-18(19)24-20(25)6-5-14-7-9-23-10-8-14/h1-4,11-14,23H,5-10H2,(H,24,25). The highest BCUT2D eigenvalue weighted by atomic mass is 19.1. The number of ether oxygens (including phenoxy) is 1. The molecule has 2 aromatic rings. The smallest absolute Gasteiger partial charge is 0.224 e. The van der Waals surface area contributed by atoms with Crippen molar-refractivity contribution in [3.8, 4) is 11.5 Å². The number of hydrogen-bond acceptors (Lipinski definition) is 3. The fraction of sp³-hybridized carbons (Fsp3) is 0.350. The maximum Gasteiger partial charge on any atom is 0.224 e. The molecule has 0 aromatic heterocycles. The minimum Gasteiger partial charge on any atom is -0.455 e. The van der Waals surface area contributed by atoms with E-state index < -0.39 is 11.6 Å². The Bertz CT molecular complexity index is 741. The Morgan fingerprint density at radius 2 is 1.81 bits per heavy atom. The van der Waals surface area contributed by atoms with Crippen LogP contribution in [0.5, 0.6) is 11.5 Å². The molecule has 0 saturated carbocycles. The second kappa shape index (κ2) is 8.76. The molecule has 2 aromatic carbocycles. The van der Waals surface area contributed by atoms with E-state index in [1.165, 1.54) is 0 Å². The van der Waals surface area contributed by atoms with Crippen LogP contribution in [0.1, 0.15) is 25.7 Å². The fourth-order valence-corrected chi connectivity index (χ4v) is 3.09. The van der Waals surface area contributed by atoms with Crippen molar-refractivity contribution in [1.82, 2.24) is 5.32 Å². The summed E-state index contributed by atoms with van der Waals surface area (Å²) in [6.07, 6.45) is 3.48. The van der Waals surface area contributed by atoms with Crippen LogP contribution in [0.4, 0.5) is 14.5 Å². The predicted molar refractivity (Wildman–Crippen MR) is 96.3 cm³/mol. The van der Waals surface area contributed by atoms with E-state index >= 15 is 0 Å². The van der Waals surface area contributed by atoms with Crippen molar-refractivity contribution in [3.63, 3.8) is 0 Å². The van der Waals surface area contributed by atoms with Gasteiger partial charge in [0.1, 0.15) is 17.4 Å². The van der Waals surface area contributed by atoms with Crippen molar-refractivity contribution >= 4 is 11.6 Å². The SMILES string of the molecule is O=C(CCC1CCNCC1)Nc1ccccc1Oc1cc(F)cc(F)c1.